The van der Waals surface area contributed by atoms with E-state index in [1.165, 1.54) is 43.0 Å². The molecule has 0 N–H and O–H groups in total. The largest absolute Gasteiger partial charge is 0.369 e. The summed E-state index contributed by atoms with van der Waals surface area (Å²) in [6, 6.07) is 21.1. The van der Waals surface area contributed by atoms with Gasteiger partial charge in [-0.3, -0.25) is 14.8 Å². The molecule has 0 amide bonds. The van der Waals surface area contributed by atoms with Gasteiger partial charge in [0, 0.05) is 49.4 Å². The van der Waals surface area contributed by atoms with E-state index in [1.54, 1.807) is 0 Å². The number of carbonyl (C=O) groups excluding carboxylic acids is 1. The maximum atomic E-state index is 12.2. The second-order valence-electron chi connectivity index (χ2n) is 9.72. The summed E-state index contributed by atoms with van der Waals surface area (Å²) in [6.45, 7) is 6.34. The average Bonchev–Trinajstić information content (AvgIpc) is 3.19. The van der Waals surface area contributed by atoms with Gasteiger partial charge < -0.3 is 9.69 Å². The monoisotopic (exact) mass is 456 g/mol. The van der Waals surface area contributed by atoms with Crippen molar-refractivity contribution in [2.45, 2.75) is 44.2 Å². The molecule has 2 aromatic carbocycles. The molecular weight excluding hydrogens is 420 g/mol. The van der Waals surface area contributed by atoms with Crippen LogP contribution in [0.15, 0.2) is 66.9 Å². The van der Waals surface area contributed by atoms with Crippen LogP contribution in [0.3, 0.4) is 0 Å². The number of benzene rings is 2. The molecule has 0 saturated carbocycles. The van der Waals surface area contributed by atoms with Crippen molar-refractivity contribution in [2.24, 2.45) is 0 Å². The number of carbonyl (C=O) groups is 1. The van der Waals surface area contributed by atoms with Crippen molar-refractivity contribution in [3.05, 3.63) is 72.4 Å². The minimum absolute atomic E-state index is 0.0551. The number of fused-ring (bicyclic) bond motifs is 1. The van der Waals surface area contributed by atoms with E-state index in [0.29, 0.717) is 6.17 Å². The van der Waals surface area contributed by atoms with Crippen molar-refractivity contribution in [1.29, 1.82) is 0 Å². The summed E-state index contributed by atoms with van der Waals surface area (Å²) in [5.74, 6) is -0.0551. The van der Waals surface area contributed by atoms with Crippen LogP contribution >= 0.6 is 0 Å². The molecule has 2 atom stereocenters. The predicted molar refractivity (Wildman–Crippen MR) is 139 cm³/mol. The minimum Gasteiger partial charge on any atom is -0.369 e. The Morgan fingerprint density at radius 2 is 1.53 bits per heavy atom. The molecule has 2 saturated heterocycles. The third kappa shape index (κ3) is 5.31. The second-order valence-corrected chi connectivity index (χ2v) is 9.72. The first-order valence-corrected chi connectivity index (χ1v) is 12.9. The van der Waals surface area contributed by atoms with Crippen molar-refractivity contribution in [3.8, 4) is 0 Å². The molecule has 3 aromatic rings. The van der Waals surface area contributed by atoms with Gasteiger partial charge in [0.15, 0.2) is 0 Å². The molecule has 0 radical (unpaired) electrons. The Morgan fingerprint density at radius 3 is 2.26 bits per heavy atom. The molecule has 5 nitrogen and oxygen atoms in total. The minimum atomic E-state index is -0.0551. The van der Waals surface area contributed by atoms with Crippen LogP contribution in [0.2, 0.25) is 0 Å². The van der Waals surface area contributed by atoms with Crippen LogP contribution in [-0.4, -0.2) is 66.5 Å². The Labute approximate surface area is 203 Å². The number of piperazine rings is 1. The van der Waals surface area contributed by atoms with Gasteiger partial charge in [-0.2, -0.15) is 0 Å². The van der Waals surface area contributed by atoms with E-state index in [2.05, 4.69) is 56.1 Å². The molecule has 0 aliphatic carbocycles. The normalized spacial score (nSPS) is 20.1. The van der Waals surface area contributed by atoms with Crippen LogP contribution in [0, 0.1) is 0 Å². The lowest BCUT2D eigenvalue weighted by atomic mass is 9.94. The van der Waals surface area contributed by atoms with Crippen LogP contribution in [0.5, 0.6) is 0 Å². The first-order chi connectivity index (χ1) is 16.8. The SMILES string of the molecule is O=CC(CC(N1CCCCCC1)N1CCN(c2ccc3ncccc3c2)CC1)c1ccccc1. The molecule has 178 valence electrons. The summed E-state index contributed by atoms with van der Waals surface area (Å²) in [7, 11) is 0. The van der Waals surface area contributed by atoms with Gasteiger partial charge in [0.2, 0.25) is 0 Å². The summed E-state index contributed by atoms with van der Waals surface area (Å²) in [5.41, 5.74) is 3.47. The second kappa shape index (κ2) is 11.1. The Bertz CT molecular complexity index is 1060. The summed E-state index contributed by atoms with van der Waals surface area (Å²) in [6.07, 6.45) is 9.38. The Morgan fingerprint density at radius 1 is 0.794 bits per heavy atom. The lowest BCUT2D eigenvalue weighted by Gasteiger charge is -2.45. The van der Waals surface area contributed by atoms with Crippen molar-refractivity contribution < 1.29 is 4.79 Å². The average molecular weight is 457 g/mol. The van der Waals surface area contributed by atoms with Crippen LogP contribution in [0.1, 0.15) is 43.6 Å². The molecule has 1 aromatic heterocycles. The van der Waals surface area contributed by atoms with E-state index in [0.717, 1.165) is 56.8 Å². The highest BCUT2D eigenvalue weighted by Gasteiger charge is 2.31. The molecule has 3 heterocycles. The highest BCUT2D eigenvalue weighted by atomic mass is 16.1. The van der Waals surface area contributed by atoms with Gasteiger partial charge in [0.05, 0.1) is 11.7 Å². The third-order valence-electron chi connectivity index (χ3n) is 7.61. The molecule has 2 fully saturated rings. The van der Waals surface area contributed by atoms with Crippen LogP contribution < -0.4 is 4.90 Å². The highest BCUT2D eigenvalue weighted by Crippen LogP contribution is 2.28. The zero-order chi connectivity index (χ0) is 23.2. The van der Waals surface area contributed by atoms with Crippen LogP contribution in [0.25, 0.3) is 10.9 Å². The van der Waals surface area contributed by atoms with Crippen LogP contribution in [-0.2, 0) is 4.79 Å². The van der Waals surface area contributed by atoms with E-state index in [4.69, 9.17) is 0 Å². The predicted octanol–water partition coefficient (Wildman–Crippen LogP) is 4.93. The first-order valence-electron chi connectivity index (χ1n) is 12.9. The Kier molecular flexibility index (Phi) is 7.52. The Hall–Kier alpha value is -2.76. The quantitative estimate of drug-likeness (QED) is 0.472. The number of nitrogens with zero attached hydrogens (tertiary/aromatic N) is 4. The highest BCUT2D eigenvalue weighted by molar-refractivity contribution is 5.82. The summed E-state index contributed by atoms with van der Waals surface area (Å²) < 4.78 is 0. The standard InChI is InChI=1S/C29H36N4O/c34-23-26(24-9-4-3-5-10-24)22-29(32-15-6-1-2-7-16-32)33-19-17-31(18-20-33)27-12-13-28-25(21-27)11-8-14-30-28/h3-5,8-14,21,23,26,29H,1-2,6-7,15-20,22H2. The summed E-state index contributed by atoms with van der Waals surface area (Å²) in [5, 5.41) is 1.20. The molecule has 5 heteroatoms. The van der Waals surface area contributed by atoms with Crippen molar-refractivity contribution in [1.82, 2.24) is 14.8 Å². The molecular formula is C29H36N4O. The van der Waals surface area contributed by atoms with Gasteiger partial charge in [-0.05, 0) is 62.2 Å². The van der Waals surface area contributed by atoms with Gasteiger partial charge in [-0.25, -0.2) is 0 Å². The summed E-state index contributed by atoms with van der Waals surface area (Å²) >= 11 is 0. The van der Waals surface area contributed by atoms with Crippen molar-refractivity contribution in [3.63, 3.8) is 0 Å². The molecule has 2 aliphatic rings. The molecule has 2 aliphatic heterocycles. The number of rotatable bonds is 7. The van der Waals surface area contributed by atoms with Gasteiger partial charge in [-0.1, -0.05) is 49.2 Å². The fourth-order valence-electron chi connectivity index (χ4n) is 5.66. The number of likely N-dealkylation sites (tertiary alicyclic amines) is 1. The topological polar surface area (TPSA) is 39.7 Å². The Balaban J connectivity index is 1.31. The van der Waals surface area contributed by atoms with Crippen LogP contribution in [0.4, 0.5) is 5.69 Å². The number of pyridine rings is 1. The maximum absolute atomic E-state index is 12.2. The van der Waals surface area contributed by atoms with Gasteiger partial charge in [-0.15, -0.1) is 0 Å². The van der Waals surface area contributed by atoms with Gasteiger partial charge in [0.25, 0.3) is 0 Å². The molecule has 34 heavy (non-hydrogen) atoms. The van der Waals surface area contributed by atoms with E-state index in [9.17, 15) is 4.79 Å². The fraction of sp³-hybridized carbons (Fsp3) is 0.448. The van der Waals surface area contributed by atoms with E-state index in [-0.39, 0.29) is 5.92 Å². The summed E-state index contributed by atoms with van der Waals surface area (Å²) in [4.78, 5) is 24.4. The third-order valence-corrected chi connectivity index (χ3v) is 7.61. The number of aromatic nitrogens is 1. The van der Waals surface area contributed by atoms with E-state index >= 15 is 0 Å². The van der Waals surface area contributed by atoms with Crippen molar-refractivity contribution in [2.75, 3.05) is 44.2 Å². The van der Waals surface area contributed by atoms with E-state index < -0.39 is 0 Å². The number of anilines is 1. The zero-order valence-electron chi connectivity index (χ0n) is 20.1. The number of aldehydes is 1. The smallest absolute Gasteiger partial charge is 0.127 e. The maximum Gasteiger partial charge on any atom is 0.127 e. The number of hydrogen-bond donors (Lipinski definition) is 0. The fourth-order valence-corrected chi connectivity index (χ4v) is 5.66. The lowest BCUT2D eigenvalue weighted by molar-refractivity contribution is -0.110. The molecule has 0 spiro atoms. The van der Waals surface area contributed by atoms with E-state index in [1.807, 2.05) is 30.5 Å². The first kappa shape index (κ1) is 23.0. The lowest BCUT2D eigenvalue weighted by Crippen LogP contribution is -2.56. The zero-order valence-corrected chi connectivity index (χ0v) is 20.1. The van der Waals surface area contributed by atoms with Gasteiger partial charge in [0.1, 0.15) is 6.29 Å². The number of hydrogen-bond acceptors (Lipinski definition) is 5. The van der Waals surface area contributed by atoms with Crippen molar-refractivity contribution >= 4 is 22.9 Å². The van der Waals surface area contributed by atoms with Gasteiger partial charge >= 0.3 is 0 Å². The molecule has 5 rings (SSSR count). The molecule has 0 bridgehead atoms. The molecule has 2 unspecified atom stereocenters.